The summed E-state index contributed by atoms with van der Waals surface area (Å²) in [5, 5.41) is 9.83. The second-order valence-electron chi connectivity index (χ2n) is 7.28. The number of aliphatic hydroxyl groups is 1. The van der Waals surface area contributed by atoms with Crippen LogP contribution in [0.4, 0.5) is 0 Å². The zero-order valence-corrected chi connectivity index (χ0v) is 14.0. The fraction of sp³-hybridized carbons (Fsp3) is 0.429. The monoisotopic (exact) mass is 323 g/mol. The summed E-state index contributed by atoms with van der Waals surface area (Å²) in [5.74, 6) is 0. The van der Waals surface area contributed by atoms with Crippen molar-refractivity contribution < 1.29 is 9.84 Å². The second kappa shape index (κ2) is 6.67. The average Bonchev–Trinajstić information content (AvgIpc) is 2.60. The normalized spacial score (nSPS) is 22.6. The number of nitrogens with zero attached hydrogens (tertiary/aromatic N) is 1. The largest absolute Gasteiger partial charge is 0.396 e. The standard InChI is InChI=1S/C21H25NO2/c23-14-21(15-24-16-21)13-22-11-10-18-8-4-5-9-19(18)20(22)12-17-6-2-1-3-7-17/h1-9,20,23H,10-16H2. The van der Waals surface area contributed by atoms with Crippen LogP contribution in [0.1, 0.15) is 22.7 Å². The Morgan fingerprint density at radius 2 is 1.79 bits per heavy atom. The maximum atomic E-state index is 9.83. The van der Waals surface area contributed by atoms with Crippen molar-refractivity contribution in [2.75, 3.05) is 32.9 Å². The molecule has 1 atom stereocenters. The van der Waals surface area contributed by atoms with E-state index in [0.29, 0.717) is 19.3 Å². The molecule has 2 aromatic rings. The van der Waals surface area contributed by atoms with Gasteiger partial charge in [-0.3, -0.25) is 4.90 Å². The lowest BCUT2D eigenvalue weighted by Crippen LogP contribution is -2.55. The van der Waals surface area contributed by atoms with Crippen molar-refractivity contribution in [3.63, 3.8) is 0 Å². The summed E-state index contributed by atoms with van der Waals surface area (Å²) in [6, 6.07) is 19.9. The van der Waals surface area contributed by atoms with Crippen LogP contribution < -0.4 is 0 Å². The lowest BCUT2D eigenvalue weighted by atomic mass is 9.82. The van der Waals surface area contributed by atoms with E-state index in [1.54, 1.807) is 0 Å². The molecule has 4 rings (SSSR count). The smallest absolute Gasteiger partial charge is 0.0579 e. The number of rotatable bonds is 5. The summed E-state index contributed by atoms with van der Waals surface area (Å²) in [6.07, 6.45) is 2.10. The first kappa shape index (κ1) is 15.8. The van der Waals surface area contributed by atoms with Gasteiger partial charge in [0.15, 0.2) is 0 Å². The minimum absolute atomic E-state index is 0.0682. The predicted molar refractivity (Wildman–Crippen MR) is 94.9 cm³/mol. The Hall–Kier alpha value is -1.68. The number of aliphatic hydroxyl groups excluding tert-OH is 1. The van der Waals surface area contributed by atoms with Gasteiger partial charge >= 0.3 is 0 Å². The van der Waals surface area contributed by atoms with Gasteiger partial charge in [0.2, 0.25) is 0 Å². The van der Waals surface area contributed by atoms with E-state index in [-0.39, 0.29) is 12.0 Å². The van der Waals surface area contributed by atoms with E-state index in [2.05, 4.69) is 59.5 Å². The molecule has 3 heteroatoms. The van der Waals surface area contributed by atoms with Crippen molar-refractivity contribution in [1.29, 1.82) is 0 Å². The van der Waals surface area contributed by atoms with Crippen LogP contribution in [0.3, 0.4) is 0 Å². The van der Waals surface area contributed by atoms with E-state index in [0.717, 1.165) is 25.9 Å². The van der Waals surface area contributed by atoms with Crippen molar-refractivity contribution in [2.24, 2.45) is 5.41 Å². The Kier molecular flexibility index (Phi) is 4.40. The van der Waals surface area contributed by atoms with Crippen LogP contribution in [0, 0.1) is 5.41 Å². The first-order valence-corrected chi connectivity index (χ1v) is 8.84. The summed E-state index contributed by atoms with van der Waals surface area (Å²) in [6.45, 7) is 3.54. The van der Waals surface area contributed by atoms with E-state index >= 15 is 0 Å². The topological polar surface area (TPSA) is 32.7 Å². The maximum Gasteiger partial charge on any atom is 0.0579 e. The summed E-state index contributed by atoms with van der Waals surface area (Å²) in [5.41, 5.74) is 4.21. The van der Waals surface area contributed by atoms with E-state index < -0.39 is 0 Å². The maximum absolute atomic E-state index is 9.83. The molecule has 0 saturated carbocycles. The summed E-state index contributed by atoms with van der Waals surface area (Å²) < 4.78 is 5.41. The molecule has 2 aliphatic heterocycles. The van der Waals surface area contributed by atoms with Crippen LogP contribution in [0.2, 0.25) is 0 Å². The van der Waals surface area contributed by atoms with Crippen LogP contribution >= 0.6 is 0 Å². The zero-order chi connectivity index (χ0) is 16.4. The molecule has 2 aliphatic rings. The van der Waals surface area contributed by atoms with Crippen molar-refractivity contribution in [2.45, 2.75) is 18.9 Å². The van der Waals surface area contributed by atoms with Crippen LogP contribution in [-0.4, -0.2) is 42.9 Å². The summed E-state index contributed by atoms with van der Waals surface area (Å²) in [4.78, 5) is 2.56. The fourth-order valence-electron chi connectivity index (χ4n) is 4.02. The summed E-state index contributed by atoms with van der Waals surface area (Å²) >= 11 is 0. The molecule has 1 unspecified atom stereocenters. The third-order valence-corrected chi connectivity index (χ3v) is 5.49. The van der Waals surface area contributed by atoms with Gasteiger partial charge in [-0.2, -0.15) is 0 Å². The quantitative estimate of drug-likeness (QED) is 0.918. The van der Waals surface area contributed by atoms with E-state index in [4.69, 9.17) is 4.74 Å². The Labute approximate surface area is 143 Å². The molecule has 0 spiro atoms. The molecular formula is C21H25NO2. The van der Waals surface area contributed by atoms with Gasteiger partial charge in [0.1, 0.15) is 0 Å². The molecule has 0 amide bonds. The first-order valence-electron chi connectivity index (χ1n) is 8.84. The fourth-order valence-corrected chi connectivity index (χ4v) is 4.02. The third-order valence-electron chi connectivity index (χ3n) is 5.49. The molecule has 2 heterocycles. The van der Waals surface area contributed by atoms with Crippen LogP contribution in [-0.2, 0) is 17.6 Å². The molecule has 3 nitrogen and oxygen atoms in total. The molecule has 1 N–H and O–H groups in total. The number of hydrogen-bond acceptors (Lipinski definition) is 3. The third kappa shape index (κ3) is 3.00. The molecule has 0 aliphatic carbocycles. The van der Waals surface area contributed by atoms with Gasteiger partial charge in [-0.15, -0.1) is 0 Å². The molecule has 0 radical (unpaired) electrons. The van der Waals surface area contributed by atoms with Gasteiger partial charge in [0, 0.05) is 19.1 Å². The second-order valence-corrected chi connectivity index (χ2v) is 7.28. The molecule has 2 aromatic carbocycles. The van der Waals surface area contributed by atoms with Crippen molar-refractivity contribution >= 4 is 0 Å². The highest BCUT2D eigenvalue weighted by Gasteiger charge is 2.42. The molecule has 1 fully saturated rings. The molecular weight excluding hydrogens is 298 g/mol. The first-order chi connectivity index (χ1) is 11.8. The van der Waals surface area contributed by atoms with Gasteiger partial charge in [-0.05, 0) is 29.5 Å². The number of hydrogen-bond donors (Lipinski definition) is 1. The zero-order valence-electron chi connectivity index (χ0n) is 14.0. The highest BCUT2D eigenvalue weighted by atomic mass is 16.5. The van der Waals surface area contributed by atoms with Crippen LogP contribution in [0.15, 0.2) is 54.6 Å². The lowest BCUT2D eigenvalue weighted by molar-refractivity contribution is -0.152. The van der Waals surface area contributed by atoms with Crippen molar-refractivity contribution in [3.8, 4) is 0 Å². The van der Waals surface area contributed by atoms with Gasteiger partial charge in [0.25, 0.3) is 0 Å². The van der Waals surface area contributed by atoms with Crippen LogP contribution in [0.25, 0.3) is 0 Å². The van der Waals surface area contributed by atoms with Gasteiger partial charge in [-0.25, -0.2) is 0 Å². The number of fused-ring (bicyclic) bond motifs is 1. The minimum Gasteiger partial charge on any atom is -0.396 e. The van der Waals surface area contributed by atoms with E-state index in [9.17, 15) is 5.11 Å². The molecule has 0 bridgehead atoms. The highest BCUT2D eigenvalue weighted by molar-refractivity contribution is 5.34. The summed E-state index contributed by atoms with van der Waals surface area (Å²) in [7, 11) is 0. The Morgan fingerprint density at radius 3 is 2.50 bits per heavy atom. The average molecular weight is 323 g/mol. The Balaban J connectivity index is 1.62. The van der Waals surface area contributed by atoms with Crippen molar-refractivity contribution in [3.05, 3.63) is 71.3 Å². The van der Waals surface area contributed by atoms with Crippen LogP contribution in [0.5, 0.6) is 0 Å². The van der Waals surface area contributed by atoms with E-state index in [1.165, 1.54) is 16.7 Å². The van der Waals surface area contributed by atoms with Crippen molar-refractivity contribution in [1.82, 2.24) is 4.90 Å². The highest BCUT2D eigenvalue weighted by Crippen LogP contribution is 2.37. The minimum atomic E-state index is -0.0682. The van der Waals surface area contributed by atoms with Gasteiger partial charge in [-0.1, -0.05) is 54.6 Å². The number of ether oxygens (including phenoxy) is 1. The molecule has 1 saturated heterocycles. The number of benzene rings is 2. The molecule has 126 valence electrons. The van der Waals surface area contributed by atoms with E-state index in [1.807, 2.05) is 0 Å². The Bertz CT molecular complexity index is 676. The molecule has 0 aromatic heterocycles. The Morgan fingerprint density at radius 1 is 1.04 bits per heavy atom. The lowest BCUT2D eigenvalue weighted by Gasteiger charge is -2.47. The predicted octanol–water partition coefficient (Wildman–Crippen LogP) is 2.84. The SMILES string of the molecule is OCC1(CN2CCc3ccccc3C2Cc2ccccc2)COC1. The molecule has 24 heavy (non-hydrogen) atoms. The van der Waals surface area contributed by atoms with Gasteiger partial charge < -0.3 is 9.84 Å². The van der Waals surface area contributed by atoms with Gasteiger partial charge in [0.05, 0.1) is 25.2 Å².